The molecule has 3 N–H and O–H groups in total. The number of hydrogen-bond donors (Lipinski definition) is 3. The zero-order chi connectivity index (χ0) is 33.4. The van der Waals surface area contributed by atoms with Crippen molar-refractivity contribution in [3.63, 3.8) is 0 Å². The van der Waals surface area contributed by atoms with E-state index in [9.17, 15) is 29.7 Å². The van der Waals surface area contributed by atoms with E-state index < -0.39 is 17.9 Å². The average Bonchev–Trinajstić information content (AvgIpc) is 3.90. The molecule has 12 nitrogen and oxygen atoms in total. The molecule has 0 amide bonds. The van der Waals surface area contributed by atoms with Crippen molar-refractivity contribution in [3.8, 4) is 50.8 Å². The van der Waals surface area contributed by atoms with Gasteiger partial charge in [0.2, 0.25) is 0 Å². The van der Waals surface area contributed by atoms with Crippen LogP contribution in [0.3, 0.4) is 0 Å². The minimum absolute atomic E-state index is 0.179. The number of aromatic nitrogens is 6. The Hall–Kier alpha value is -7.08. The summed E-state index contributed by atoms with van der Waals surface area (Å²) in [6.45, 7) is 0. The molecule has 0 spiro atoms. The monoisotopic (exact) mass is 636 g/mol. The van der Waals surface area contributed by atoms with Gasteiger partial charge in [0.15, 0.2) is 0 Å². The topological polar surface area (TPSA) is 165 Å². The number of carbonyl (C=O) groups is 3. The van der Waals surface area contributed by atoms with E-state index in [4.69, 9.17) is 15.3 Å². The van der Waals surface area contributed by atoms with Gasteiger partial charge in [-0.3, -0.25) is 0 Å². The van der Waals surface area contributed by atoms with Crippen molar-refractivity contribution in [2.45, 2.75) is 0 Å². The molecule has 0 aliphatic carbocycles. The molecular formula is C36H24N6O6. The molecule has 4 aromatic carbocycles. The fraction of sp³-hybridized carbons (Fsp3) is 0. The van der Waals surface area contributed by atoms with Crippen LogP contribution in [0.4, 0.5) is 0 Å². The van der Waals surface area contributed by atoms with Gasteiger partial charge in [0.1, 0.15) is 0 Å². The van der Waals surface area contributed by atoms with E-state index in [1.165, 1.54) is 36.4 Å². The normalized spacial score (nSPS) is 11.0. The lowest BCUT2D eigenvalue weighted by atomic mass is 10.00. The summed E-state index contributed by atoms with van der Waals surface area (Å²) in [5, 5.41) is 42.1. The zero-order valence-electron chi connectivity index (χ0n) is 24.9. The summed E-state index contributed by atoms with van der Waals surface area (Å²) >= 11 is 0. The highest BCUT2D eigenvalue weighted by molar-refractivity contribution is 5.89. The van der Waals surface area contributed by atoms with E-state index in [2.05, 4.69) is 0 Å². The number of benzene rings is 4. The Morgan fingerprint density at radius 2 is 0.646 bits per heavy atom. The third kappa shape index (κ3) is 5.84. The molecule has 0 saturated carbocycles. The van der Waals surface area contributed by atoms with E-state index in [-0.39, 0.29) is 16.7 Å². The van der Waals surface area contributed by atoms with Crippen LogP contribution in [0.2, 0.25) is 0 Å². The molecule has 48 heavy (non-hydrogen) atoms. The van der Waals surface area contributed by atoms with E-state index in [0.717, 1.165) is 16.7 Å². The summed E-state index contributed by atoms with van der Waals surface area (Å²) < 4.78 is 5.00. The molecule has 3 aromatic heterocycles. The maximum absolute atomic E-state index is 11.3. The third-order valence-corrected chi connectivity index (χ3v) is 7.72. The standard InChI is InChI=1S/C36H24N6O6/c43-34(44)22-1-7-28(8-2-22)40-16-13-31(37-40)25-19-26(32-14-17-41(38-32)29-9-3-23(4-10-29)35(45)46)21-27(20-25)33-15-18-42(39-33)30-11-5-24(6-12-30)36(47)48/h1-21H,(H,43,44)(H,45,46)(H,47,48). The molecule has 0 atom stereocenters. The second-order valence-corrected chi connectivity index (χ2v) is 10.8. The van der Waals surface area contributed by atoms with Crippen LogP contribution in [0.5, 0.6) is 0 Å². The van der Waals surface area contributed by atoms with Crippen molar-refractivity contribution in [2.75, 3.05) is 0 Å². The van der Waals surface area contributed by atoms with E-state index in [0.29, 0.717) is 34.1 Å². The zero-order valence-corrected chi connectivity index (χ0v) is 24.9. The largest absolute Gasteiger partial charge is 0.478 e. The van der Waals surface area contributed by atoms with Gasteiger partial charge >= 0.3 is 17.9 Å². The lowest BCUT2D eigenvalue weighted by molar-refractivity contribution is 0.0686. The molecule has 0 aliphatic rings. The van der Waals surface area contributed by atoms with Crippen LogP contribution in [0.15, 0.2) is 128 Å². The van der Waals surface area contributed by atoms with Crippen molar-refractivity contribution in [3.05, 3.63) is 144 Å². The number of nitrogens with zero attached hydrogens (tertiary/aromatic N) is 6. The van der Waals surface area contributed by atoms with Crippen LogP contribution >= 0.6 is 0 Å². The van der Waals surface area contributed by atoms with E-state index in [1.54, 1.807) is 69.0 Å². The van der Waals surface area contributed by atoms with Crippen molar-refractivity contribution in [1.29, 1.82) is 0 Å². The predicted octanol–water partition coefficient (Wildman–Crippen LogP) is 6.34. The molecule has 0 fully saturated rings. The van der Waals surface area contributed by atoms with E-state index in [1.807, 2.05) is 36.4 Å². The van der Waals surface area contributed by atoms with Gasteiger partial charge in [0.05, 0.1) is 50.8 Å². The van der Waals surface area contributed by atoms with E-state index >= 15 is 0 Å². The Morgan fingerprint density at radius 3 is 0.875 bits per heavy atom. The van der Waals surface area contributed by atoms with Crippen molar-refractivity contribution in [1.82, 2.24) is 29.3 Å². The first-order chi connectivity index (χ1) is 23.2. The van der Waals surface area contributed by atoms with Crippen LogP contribution in [0, 0.1) is 0 Å². The van der Waals surface area contributed by atoms with Crippen molar-refractivity contribution < 1.29 is 29.7 Å². The smallest absolute Gasteiger partial charge is 0.335 e. The Morgan fingerprint density at radius 1 is 0.396 bits per heavy atom. The number of carboxylic acids is 3. The molecule has 3 heterocycles. The highest BCUT2D eigenvalue weighted by Crippen LogP contribution is 2.32. The summed E-state index contributed by atoms with van der Waals surface area (Å²) in [6, 6.07) is 30.7. The van der Waals surface area contributed by atoms with Crippen LogP contribution in [0.1, 0.15) is 31.1 Å². The first kappa shape index (κ1) is 29.6. The molecule has 7 rings (SSSR count). The highest BCUT2D eigenvalue weighted by Gasteiger charge is 2.15. The Bertz CT molecular complexity index is 2040. The fourth-order valence-electron chi connectivity index (χ4n) is 5.21. The van der Waals surface area contributed by atoms with Crippen LogP contribution in [0.25, 0.3) is 50.8 Å². The second kappa shape index (κ2) is 12.0. The molecular weight excluding hydrogens is 612 g/mol. The quantitative estimate of drug-likeness (QED) is 0.164. The lowest BCUT2D eigenvalue weighted by Gasteiger charge is -2.08. The molecule has 0 saturated heterocycles. The molecule has 0 radical (unpaired) electrons. The first-order valence-electron chi connectivity index (χ1n) is 14.6. The first-order valence-corrected chi connectivity index (χ1v) is 14.6. The Labute approximate surface area is 272 Å². The van der Waals surface area contributed by atoms with Gasteiger partial charge in [-0.25, -0.2) is 28.4 Å². The summed E-state index contributed by atoms with van der Waals surface area (Å²) in [7, 11) is 0. The maximum Gasteiger partial charge on any atom is 0.335 e. The summed E-state index contributed by atoms with van der Waals surface area (Å²) in [5.74, 6) is -3.02. The fourth-order valence-corrected chi connectivity index (χ4v) is 5.21. The van der Waals surface area contributed by atoms with Gasteiger partial charge in [-0.2, -0.15) is 15.3 Å². The van der Waals surface area contributed by atoms with Gasteiger partial charge < -0.3 is 15.3 Å². The molecule has 12 heteroatoms. The molecule has 0 aliphatic heterocycles. The Kier molecular flexibility index (Phi) is 7.42. The number of hydrogen-bond acceptors (Lipinski definition) is 6. The molecule has 234 valence electrons. The van der Waals surface area contributed by atoms with Crippen LogP contribution < -0.4 is 0 Å². The lowest BCUT2D eigenvalue weighted by Crippen LogP contribution is -1.99. The molecule has 0 bridgehead atoms. The van der Waals surface area contributed by atoms with Crippen LogP contribution in [-0.2, 0) is 0 Å². The van der Waals surface area contributed by atoms with Crippen LogP contribution in [-0.4, -0.2) is 62.6 Å². The average molecular weight is 637 g/mol. The molecule has 0 unspecified atom stereocenters. The maximum atomic E-state index is 11.3. The van der Waals surface area contributed by atoms with Gasteiger partial charge in [-0.1, -0.05) is 0 Å². The predicted molar refractivity (Wildman–Crippen MR) is 175 cm³/mol. The van der Waals surface area contributed by atoms with Crippen molar-refractivity contribution in [2.24, 2.45) is 0 Å². The summed E-state index contributed by atoms with van der Waals surface area (Å²) in [5.41, 5.74) is 6.95. The Balaban J connectivity index is 1.28. The molecule has 7 aromatic rings. The summed E-state index contributed by atoms with van der Waals surface area (Å²) in [4.78, 5) is 33.9. The highest BCUT2D eigenvalue weighted by atomic mass is 16.4. The summed E-state index contributed by atoms with van der Waals surface area (Å²) in [6.07, 6.45) is 5.38. The van der Waals surface area contributed by atoms with Gasteiger partial charge in [-0.05, 0) is 109 Å². The van der Waals surface area contributed by atoms with Gasteiger partial charge in [-0.15, -0.1) is 0 Å². The second-order valence-electron chi connectivity index (χ2n) is 10.8. The number of carboxylic acid groups (broad SMARTS) is 3. The number of rotatable bonds is 9. The van der Waals surface area contributed by atoms with Gasteiger partial charge in [0.25, 0.3) is 0 Å². The SMILES string of the molecule is O=C(O)c1ccc(-n2ccc(-c3cc(-c4ccn(-c5ccc(C(=O)O)cc5)n4)cc(-c4ccn(-c5ccc(C(=O)O)cc5)n4)c3)n2)cc1. The van der Waals surface area contributed by atoms with Crippen molar-refractivity contribution >= 4 is 17.9 Å². The van der Waals surface area contributed by atoms with Gasteiger partial charge in [0, 0.05) is 35.3 Å². The minimum Gasteiger partial charge on any atom is -0.478 e. The third-order valence-electron chi connectivity index (χ3n) is 7.72. The minimum atomic E-state index is -1.01. The number of aromatic carboxylic acids is 3.